The van der Waals surface area contributed by atoms with Crippen LogP contribution in [0.2, 0.25) is 5.02 Å². The number of carboxylic acid groups (broad SMARTS) is 1. The van der Waals surface area contributed by atoms with Gasteiger partial charge in [0.2, 0.25) is 0 Å². The number of hydrogen-bond acceptors (Lipinski definition) is 4. The third-order valence-corrected chi connectivity index (χ3v) is 4.19. The number of aliphatic carboxylic acids is 1. The van der Waals surface area contributed by atoms with Gasteiger partial charge in [0.15, 0.2) is 6.61 Å². The highest BCUT2D eigenvalue weighted by Crippen LogP contribution is 2.25. The predicted octanol–water partition coefficient (Wildman–Crippen LogP) is 3.19. The van der Waals surface area contributed by atoms with Crippen LogP contribution in [-0.4, -0.2) is 48.4 Å². The van der Waals surface area contributed by atoms with E-state index in [0.717, 1.165) is 38.1 Å². The summed E-state index contributed by atoms with van der Waals surface area (Å²) in [6.07, 6.45) is 3.72. The second-order valence-corrected chi connectivity index (χ2v) is 6.19. The molecule has 0 spiro atoms. The largest absolute Gasteiger partial charge is 0.482 e. The van der Waals surface area contributed by atoms with Gasteiger partial charge in [0.05, 0.1) is 6.10 Å². The summed E-state index contributed by atoms with van der Waals surface area (Å²) in [6, 6.07) is 5.28. The zero-order valence-electron chi connectivity index (χ0n) is 13.5. The van der Waals surface area contributed by atoms with Crippen LogP contribution in [0.1, 0.15) is 31.7 Å². The van der Waals surface area contributed by atoms with Crippen molar-refractivity contribution in [3.8, 4) is 5.75 Å². The van der Waals surface area contributed by atoms with Crippen LogP contribution in [-0.2, 0) is 16.1 Å². The van der Waals surface area contributed by atoms with E-state index >= 15 is 0 Å². The molecule has 23 heavy (non-hydrogen) atoms. The summed E-state index contributed by atoms with van der Waals surface area (Å²) < 4.78 is 11.2. The SMILES string of the molecule is CCN(Cc1cc(Cl)ccc1OCC(=O)O)CC1CCCCO1. The Bertz CT molecular complexity index is 517. The molecule has 0 bridgehead atoms. The maximum atomic E-state index is 10.7. The molecule has 6 heteroatoms. The van der Waals surface area contributed by atoms with Crippen LogP contribution in [0.5, 0.6) is 5.75 Å². The first-order chi connectivity index (χ1) is 11.1. The summed E-state index contributed by atoms with van der Waals surface area (Å²) in [4.78, 5) is 13.0. The molecule has 5 nitrogen and oxygen atoms in total. The molecule has 1 aliphatic rings. The normalized spacial score (nSPS) is 18.1. The molecular formula is C17H24ClNO4. The number of carbonyl (C=O) groups is 1. The maximum absolute atomic E-state index is 10.7. The van der Waals surface area contributed by atoms with Crippen molar-refractivity contribution in [3.05, 3.63) is 28.8 Å². The fourth-order valence-electron chi connectivity index (χ4n) is 2.74. The molecule has 1 aliphatic heterocycles. The van der Waals surface area contributed by atoms with Crippen LogP contribution in [0.3, 0.4) is 0 Å². The van der Waals surface area contributed by atoms with E-state index in [1.165, 1.54) is 6.42 Å². The van der Waals surface area contributed by atoms with Crippen LogP contribution in [0.15, 0.2) is 18.2 Å². The Hall–Kier alpha value is -1.30. The van der Waals surface area contributed by atoms with Gasteiger partial charge in [-0.2, -0.15) is 0 Å². The smallest absolute Gasteiger partial charge is 0.341 e. The number of hydrogen-bond donors (Lipinski definition) is 1. The lowest BCUT2D eigenvalue weighted by Gasteiger charge is -2.29. The van der Waals surface area contributed by atoms with Gasteiger partial charge in [-0.15, -0.1) is 0 Å². The molecule has 128 valence electrons. The zero-order valence-corrected chi connectivity index (χ0v) is 14.2. The predicted molar refractivity (Wildman–Crippen MR) is 89.1 cm³/mol. The molecule has 1 saturated heterocycles. The van der Waals surface area contributed by atoms with Crippen molar-refractivity contribution >= 4 is 17.6 Å². The third-order valence-electron chi connectivity index (χ3n) is 3.95. The molecule has 2 rings (SSSR count). The Balaban J connectivity index is 2.02. The van der Waals surface area contributed by atoms with Crippen LogP contribution < -0.4 is 4.74 Å². The van der Waals surface area contributed by atoms with Gasteiger partial charge >= 0.3 is 5.97 Å². The lowest BCUT2D eigenvalue weighted by atomic mass is 10.1. The van der Waals surface area contributed by atoms with Gasteiger partial charge in [0, 0.05) is 30.3 Å². The van der Waals surface area contributed by atoms with E-state index < -0.39 is 5.97 Å². The minimum atomic E-state index is -0.992. The average molecular weight is 342 g/mol. The van der Waals surface area contributed by atoms with E-state index in [0.29, 0.717) is 17.3 Å². The van der Waals surface area contributed by atoms with E-state index in [9.17, 15) is 4.79 Å². The van der Waals surface area contributed by atoms with Crippen LogP contribution in [0.25, 0.3) is 0 Å². The van der Waals surface area contributed by atoms with E-state index in [1.807, 2.05) is 6.07 Å². The number of halogens is 1. The average Bonchev–Trinajstić information content (AvgIpc) is 2.54. The second-order valence-electron chi connectivity index (χ2n) is 5.75. The summed E-state index contributed by atoms with van der Waals surface area (Å²) >= 11 is 6.08. The fraction of sp³-hybridized carbons (Fsp3) is 0.588. The number of nitrogens with zero attached hydrogens (tertiary/aromatic N) is 1. The molecule has 0 aromatic heterocycles. The standard InChI is InChI=1S/C17H24ClNO4/c1-2-19(11-15-5-3-4-8-22-15)10-13-9-14(18)6-7-16(13)23-12-17(20)21/h6-7,9,15H,2-5,8,10-12H2,1H3,(H,20,21). The number of ether oxygens (including phenoxy) is 2. The highest BCUT2D eigenvalue weighted by molar-refractivity contribution is 6.30. The van der Waals surface area contributed by atoms with E-state index in [2.05, 4.69) is 11.8 Å². The van der Waals surface area contributed by atoms with Gasteiger partial charge in [-0.25, -0.2) is 4.79 Å². The van der Waals surface area contributed by atoms with Gasteiger partial charge in [0.25, 0.3) is 0 Å². The van der Waals surface area contributed by atoms with Crippen LogP contribution in [0.4, 0.5) is 0 Å². The highest BCUT2D eigenvalue weighted by Gasteiger charge is 2.18. The summed E-state index contributed by atoms with van der Waals surface area (Å²) in [6.45, 7) is 4.99. The van der Waals surface area contributed by atoms with Gasteiger partial charge < -0.3 is 14.6 Å². The minimum Gasteiger partial charge on any atom is -0.482 e. The Morgan fingerprint density at radius 3 is 2.96 bits per heavy atom. The van der Waals surface area contributed by atoms with Gasteiger partial charge in [0.1, 0.15) is 5.75 Å². The van der Waals surface area contributed by atoms with Crippen LogP contribution in [0, 0.1) is 0 Å². The van der Waals surface area contributed by atoms with Crippen molar-refractivity contribution in [1.29, 1.82) is 0 Å². The quantitative estimate of drug-likeness (QED) is 0.787. The van der Waals surface area contributed by atoms with Crippen molar-refractivity contribution in [2.45, 2.75) is 38.8 Å². The Labute approximate surface area is 142 Å². The van der Waals surface area contributed by atoms with Crippen molar-refractivity contribution in [1.82, 2.24) is 4.90 Å². The summed E-state index contributed by atoms with van der Waals surface area (Å²) in [5.74, 6) is -0.423. The first-order valence-electron chi connectivity index (χ1n) is 8.05. The Kier molecular flexibility index (Phi) is 7.15. The van der Waals surface area contributed by atoms with E-state index in [1.54, 1.807) is 12.1 Å². The van der Waals surface area contributed by atoms with E-state index in [4.69, 9.17) is 26.2 Å². The molecule has 1 aromatic carbocycles. The molecule has 1 heterocycles. The second kappa shape index (κ2) is 9.11. The molecule has 0 radical (unpaired) electrons. The van der Waals surface area contributed by atoms with Gasteiger partial charge in [-0.05, 0) is 44.0 Å². The third kappa shape index (κ3) is 6.01. The summed E-state index contributed by atoms with van der Waals surface area (Å²) in [7, 11) is 0. The monoisotopic (exact) mass is 341 g/mol. The van der Waals surface area contributed by atoms with Crippen LogP contribution >= 0.6 is 11.6 Å². The Morgan fingerprint density at radius 1 is 1.48 bits per heavy atom. The molecule has 0 saturated carbocycles. The number of benzene rings is 1. The van der Waals surface area contributed by atoms with Crippen molar-refractivity contribution in [3.63, 3.8) is 0 Å². The minimum absolute atomic E-state index is 0.270. The molecule has 1 aromatic rings. The molecule has 0 amide bonds. The number of carboxylic acids is 1. The molecule has 1 fully saturated rings. The molecule has 1 N–H and O–H groups in total. The Morgan fingerprint density at radius 2 is 2.30 bits per heavy atom. The van der Waals surface area contributed by atoms with Gasteiger partial charge in [-0.1, -0.05) is 18.5 Å². The summed E-state index contributed by atoms with van der Waals surface area (Å²) in [5, 5.41) is 9.40. The van der Waals surface area contributed by atoms with E-state index in [-0.39, 0.29) is 12.7 Å². The molecular weight excluding hydrogens is 318 g/mol. The number of rotatable bonds is 8. The molecule has 1 atom stereocenters. The lowest BCUT2D eigenvalue weighted by molar-refractivity contribution is -0.139. The first-order valence-corrected chi connectivity index (χ1v) is 8.43. The summed E-state index contributed by atoms with van der Waals surface area (Å²) in [5.41, 5.74) is 0.899. The topological polar surface area (TPSA) is 59.0 Å². The maximum Gasteiger partial charge on any atom is 0.341 e. The van der Waals surface area contributed by atoms with Crippen molar-refractivity contribution < 1.29 is 19.4 Å². The van der Waals surface area contributed by atoms with Crippen molar-refractivity contribution in [2.75, 3.05) is 26.3 Å². The molecule has 1 unspecified atom stereocenters. The molecule has 0 aliphatic carbocycles. The zero-order chi connectivity index (χ0) is 16.7. The lowest BCUT2D eigenvalue weighted by Crippen LogP contribution is -2.35. The fourth-order valence-corrected chi connectivity index (χ4v) is 2.93. The first kappa shape index (κ1) is 18.0. The highest BCUT2D eigenvalue weighted by atomic mass is 35.5. The van der Waals surface area contributed by atoms with Gasteiger partial charge in [-0.3, -0.25) is 4.90 Å². The number of likely N-dealkylation sites (N-methyl/N-ethyl adjacent to an activating group) is 1. The van der Waals surface area contributed by atoms with Crippen molar-refractivity contribution in [2.24, 2.45) is 0 Å².